The van der Waals surface area contributed by atoms with Gasteiger partial charge in [0.25, 0.3) is 0 Å². The van der Waals surface area contributed by atoms with Crippen molar-refractivity contribution in [2.24, 2.45) is 0 Å². The highest BCUT2D eigenvalue weighted by Gasteiger charge is 2.30. The van der Waals surface area contributed by atoms with Gasteiger partial charge in [-0.25, -0.2) is 13.1 Å². The van der Waals surface area contributed by atoms with E-state index < -0.39 is 10.0 Å². The highest BCUT2D eigenvalue weighted by atomic mass is 32.2. The van der Waals surface area contributed by atoms with Crippen molar-refractivity contribution in [1.82, 2.24) is 10.0 Å². The molecule has 0 aromatic heterocycles. The van der Waals surface area contributed by atoms with Crippen LogP contribution in [0.4, 0.5) is 0 Å². The summed E-state index contributed by atoms with van der Waals surface area (Å²) in [5.74, 6) is 0. The minimum absolute atomic E-state index is 0.0782. The first-order valence-electron chi connectivity index (χ1n) is 6.82. The van der Waals surface area contributed by atoms with Crippen LogP contribution >= 0.6 is 0 Å². The molecule has 1 aliphatic heterocycles. The molecule has 0 radical (unpaired) electrons. The third-order valence-corrected chi connectivity index (χ3v) is 5.37. The molecule has 2 N–H and O–H groups in total. The number of hydrogen-bond donors (Lipinski definition) is 2. The second-order valence-corrected chi connectivity index (χ2v) is 6.85. The van der Waals surface area contributed by atoms with Crippen LogP contribution in [0.5, 0.6) is 0 Å². The first-order valence-corrected chi connectivity index (χ1v) is 8.31. The number of sulfonamides is 1. The van der Waals surface area contributed by atoms with Crippen molar-refractivity contribution >= 4 is 10.0 Å². The van der Waals surface area contributed by atoms with Crippen LogP contribution in [0, 0.1) is 6.92 Å². The maximum absolute atomic E-state index is 12.5. The number of rotatable bonds is 5. The predicted molar refractivity (Wildman–Crippen MR) is 78.1 cm³/mol. The number of hydrogen-bond acceptors (Lipinski definition) is 4. The Kier molecular flexibility index (Phi) is 4.80. The zero-order chi connectivity index (χ0) is 14.8. The third-order valence-electron chi connectivity index (χ3n) is 3.74. The maximum atomic E-state index is 12.5. The summed E-state index contributed by atoms with van der Waals surface area (Å²) in [6, 6.07) is 5.22. The van der Waals surface area contributed by atoms with Crippen LogP contribution in [0.25, 0.3) is 0 Å². The highest BCUT2D eigenvalue weighted by molar-refractivity contribution is 7.89. The van der Waals surface area contributed by atoms with Crippen LogP contribution in [0.3, 0.4) is 0 Å². The summed E-state index contributed by atoms with van der Waals surface area (Å²) in [7, 11) is -1.66. The lowest BCUT2D eigenvalue weighted by Gasteiger charge is -2.18. The summed E-state index contributed by atoms with van der Waals surface area (Å²) in [5.41, 5.74) is 1.78. The molecule has 0 aliphatic carbocycles. The average Bonchev–Trinajstić information content (AvgIpc) is 2.77. The topological polar surface area (TPSA) is 67.4 Å². The van der Waals surface area contributed by atoms with Crippen molar-refractivity contribution in [3.8, 4) is 0 Å². The summed E-state index contributed by atoms with van der Waals surface area (Å²) in [4.78, 5) is 0.351. The molecule has 6 heteroatoms. The maximum Gasteiger partial charge on any atom is 0.241 e. The number of benzene rings is 1. The largest absolute Gasteiger partial charge is 0.377 e. The van der Waals surface area contributed by atoms with Gasteiger partial charge >= 0.3 is 0 Å². The van der Waals surface area contributed by atoms with Gasteiger partial charge < -0.3 is 10.1 Å². The fourth-order valence-electron chi connectivity index (χ4n) is 2.48. The summed E-state index contributed by atoms with van der Waals surface area (Å²) in [6.07, 6.45) is 0.640. The zero-order valence-corrected chi connectivity index (χ0v) is 13.0. The standard InChI is InChI=1S/C14H22N2O3S/c1-10-12(9-15-3)5-4-6-14(10)20(17,18)16-13-7-8-19-11(13)2/h4-6,11,13,15-16H,7-9H2,1-3H3. The van der Waals surface area contributed by atoms with E-state index in [1.54, 1.807) is 12.1 Å². The van der Waals surface area contributed by atoms with Crippen molar-refractivity contribution in [2.75, 3.05) is 13.7 Å². The minimum Gasteiger partial charge on any atom is -0.377 e. The Morgan fingerprint density at radius 3 is 2.75 bits per heavy atom. The molecule has 0 saturated carbocycles. The van der Waals surface area contributed by atoms with Gasteiger partial charge in [-0.05, 0) is 44.5 Å². The van der Waals surface area contributed by atoms with Crippen LogP contribution in [-0.2, 0) is 21.3 Å². The second kappa shape index (κ2) is 6.22. The zero-order valence-electron chi connectivity index (χ0n) is 12.1. The Balaban J connectivity index is 2.27. The van der Waals surface area contributed by atoms with Gasteiger partial charge in [-0.2, -0.15) is 0 Å². The lowest BCUT2D eigenvalue weighted by Crippen LogP contribution is -2.39. The summed E-state index contributed by atoms with van der Waals surface area (Å²) < 4.78 is 33.2. The lowest BCUT2D eigenvalue weighted by molar-refractivity contribution is 0.117. The monoisotopic (exact) mass is 298 g/mol. The first-order chi connectivity index (χ1) is 9.45. The fourth-order valence-corrected chi connectivity index (χ4v) is 4.11. The van der Waals surface area contributed by atoms with Crippen LogP contribution in [0.2, 0.25) is 0 Å². The van der Waals surface area contributed by atoms with E-state index in [-0.39, 0.29) is 12.1 Å². The molecule has 5 nitrogen and oxygen atoms in total. The van der Waals surface area contributed by atoms with E-state index in [4.69, 9.17) is 4.74 Å². The number of ether oxygens (including phenoxy) is 1. The van der Waals surface area contributed by atoms with Gasteiger partial charge in [0.1, 0.15) is 0 Å². The van der Waals surface area contributed by atoms with Crippen LogP contribution in [-0.4, -0.2) is 34.2 Å². The van der Waals surface area contributed by atoms with Gasteiger partial charge in [0.15, 0.2) is 0 Å². The quantitative estimate of drug-likeness (QED) is 0.856. The molecule has 0 bridgehead atoms. The minimum atomic E-state index is -3.51. The lowest BCUT2D eigenvalue weighted by atomic mass is 10.1. The van der Waals surface area contributed by atoms with Gasteiger partial charge in [-0.3, -0.25) is 0 Å². The van der Waals surface area contributed by atoms with Crippen LogP contribution < -0.4 is 10.0 Å². The Morgan fingerprint density at radius 1 is 1.40 bits per heavy atom. The molecule has 1 aliphatic rings. The van der Waals surface area contributed by atoms with Gasteiger partial charge in [0, 0.05) is 13.2 Å². The van der Waals surface area contributed by atoms with E-state index in [0.29, 0.717) is 18.0 Å². The van der Waals surface area contributed by atoms with Gasteiger partial charge in [-0.1, -0.05) is 12.1 Å². The molecule has 1 saturated heterocycles. The molecule has 1 aromatic rings. The first kappa shape index (κ1) is 15.4. The van der Waals surface area contributed by atoms with Crippen molar-refractivity contribution in [3.05, 3.63) is 29.3 Å². The third kappa shape index (κ3) is 3.20. The van der Waals surface area contributed by atoms with Gasteiger partial charge in [0.05, 0.1) is 17.0 Å². The fraction of sp³-hybridized carbons (Fsp3) is 0.571. The Bertz CT molecular complexity index is 572. The van der Waals surface area contributed by atoms with Crippen LogP contribution in [0.1, 0.15) is 24.5 Å². The van der Waals surface area contributed by atoms with Crippen molar-refractivity contribution in [3.63, 3.8) is 0 Å². The molecular formula is C14H22N2O3S. The van der Waals surface area contributed by atoms with E-state index >= 15 is 0 Å². The Morgan fingerprint density at radius 2 is 2.15 bits per heavy atom. The van der Waals surface area contributed by atoms with E-state index in [0.717, 1.165) is 17.5 Å². The normalized spacial score (nSPS) is 23.1. The van der Waals surface area contributed by atoms with Gasteiger partial charge in [0.2, 0.25) is 10.0 Å². The molecule has 20 heavy (non-hydrogen) atoms. The molecule has 0 spiro atoms. The molecule has 2 atom stereocenters. The van der Waals surface area contributed by atoms with E-state index in [1.165, 1.54) is 0 Å². The van der Waals surface area contributed by atoms with Crippen LogP contribution in [0.15, 0.2) is 23.1 Å². The molecule has 1 fully saturated rings. The predicted octanol–water partition coefficient (Wildman–Crippen LogP) is 1.17. The molecular weight excluding hydrogens is 276 g/mol. The molecule has 112 valence electrons. The smallest absolute Gasteiger partial charge is 0.241 e. The van der Waals surface area contributed by atoms with Crippen molar-refractivity contribution in [2.45, 2.75) is 43.9 Å². The second-order valence-electron chi connectivity index (χ2n) is 5.16. The summed E-state index contributed by atoms with van der Waals surface area (Å²) >= 11 is 0. The molecule has 1 heterocycles. The van der Waals surface area contributed by atoms with E-state index in [1.807, 2.05) is 27.0 Å². The van der Waals surface area contributed by atoms with Crippen molar-refractivity contribution in [1.29, 1.82) is 0 Å². The van der Waals surface area contributed by atoms with Gasteiger partial charge in [-0.15, -0.1) is 0 Å². The summed E-state index contributed by atoms with van der Waals surface area (Å²) in [6.45, 7) is 4.99. The molecule has 1 aromatic carbocycles. The summed E-state index contributed by atoms with van der Waals surface area (Å²) in [5, 5.41) is 3.05. The molecule has 2 unspecified atom stereocenters. The highest BCUT2D eigenvalue weighted by Crippen LogP contribution is 2.21. The Hall–Kier alpha value is -0.950. The SMILES string of the molecule is CNCc1cccc(S(=O)(=O)NC2CCOC2C)c1C. The number of nitrogens with one attached hydrogen (secondary N) is 2. The average molecular weight is 298 g/mol. The van der Waals surface area contributed by atoms with Crippen molar-refractivity contribution < 1.29 is 13.2 Å². The molecule has 2 rings (SSSR count). The molecule has 0 amide bonds. The Labute approximate surface area is 120 Å². The van der Waals surface area contributed by atoms with E-state index in [9.17, 15) is 8.42 Å². The van der Waals surface area contributed by atoms with E-state index in [2.05, 4.69) is 10.0 Å².